The van der Waals surface area contributed by atoms with Crippen LogP contribution in [0.3, 0.4) is 0 Å². The van der Waals surface area contributed by atoms with E-state index in [9.17, 15) is 9.59 Å². The summed E-state index contributed by atoms with van der Waals surface area (Å²) >= 11 is 0. The molecular formula is C29H30N2O3. The number of ether oxygens (including phenoxy) is 1. The number of imide groups is 1. The van der Waals surface area contributed by atoms with Gasteiger partial charge >= 0.3 is 0 Å². The second-order valence-corrected chi connectivity index (χ2v) is 8.54. The van der Waals surface area contributed by atoms with Crippen LogP contribution in [-0.2, 0) is 16.0 Å². The lowest BCUT2D eigenvalue weighted by Crippen LogP contribution is -2.34. The van der Waals surface area contributed by atoms with Crippen LogP contribution in [0.4, 0.5) is 5.69 Å². The summed E-state index contributed by atoms with van der Waals surface area (Å²) in [6, 6.07) is 23.2. The first-order chi connectivity index (χ1) is 16.5. The van der Waals surface area contributed by atoms with E-state index in [0.717, 1.165) is 29.0 Å². The third kappa shape index (κ3) is 5.04. The first kappa shape index (κ1) is 23.3. The summed E-state index contributed by atoms with van der Waals surface area (Å²) in [4.78, 5) is 28.3. The Morgan fingerprint density at radius 3 is 2.26 bits per heavy atom. The van der Waals surface area contributed by atoms with Crippen LogP contribution in [0.15, 0.2) is 78.5 Å². The van der Waals surface area contributed by atoms with E-state index in [1.54, 1.807) is 0 Å². The van der Waals surface area contributed by atoms with Gasteiger partial charge in [-0.2, -0.15) is 0 Å². The highest BCUT2D eigenvalue weighted by Gasteiger charge is 2.39. The molecule has 5 nitrogen and oxygen atoms in total. The quantitative estimate of drug-likeness (QED) is 0.432. The molecule has 4 rings (SSSR count). The van der Waals surface area contributed by atoms with Gasteiger partial charge in [0.15, 0.2) is 0 Å². The largest absolute Gasteiger partial charge is 0.494 e. The lowest BCUT2D eigenvalue weighted by Gasteiger charge is -2.15. The molecule has 0 bridgehead atoms. The van der Waals surface area contributed by atoms with E-state index in [-0.39, 0.29) is 11.8 Å². The molecule has 0 spiro atoms. The Morgan fingerprint density at radius 2 is 1.59 bits per heavy atom. The molecule has 1 N–H and O–H groups in total. The normalized spacial score (nSPS) is 13.6. The maximum absolute atomic E-state index is 13.5. The van der Waals surface area contributed by atoms with Gasteiger partial charge in [0.25, 0.3) is 11.8 Å². The molecule has 0 radical (unpaired) electrons. The zero-order chi connectivity index (χ0) is 24.1. The van der Waals surface area contributed by atoms with Crippen molar-refractivity contribution in [3.63, 3.8) is 0 Å². The van der Waals surface area contributed by atoms with Crippen molar-refractivity contribution < 1.29 is 14.3 Å². The van der Waals surface area contributed by atoms with Gasteiger partial charge in [0, 0.05) is 12.2 Å². The lowest BCUT2D eigenvalue weighted by molar-refractivity contribution is -0.136. The number of carbonyl (C=O) groups is 2. The molecule has 0 unspecified atom stereocenters. The van der Waals surface area contributed by atoms with Crippen molar-refractivity contribution in [2.45, 2.75) is 33.6 Å². The molecule has 0 fully saturated rings. The number of carbonyl (C=O) groups excluding carboxylic acids is 2. The number of hydrogen-bond acceptors (Lipinski definition) is 4. The van der Waals surface area contributed by atoms with Gasteiger partial charge in [-0.1, -0.05) is 55.5 Å². The summed E-state index contributed by atoms with van der Waals surface area (Å²) in [6.45, 7) is 7.07. The van der Waals surface area contributed by atoms with E-state index in [2.05, 4.69) is 12.2 Å². The van der Waals surface area contributed by atoms with Crippen LogP contribution >= 0.6 is 0 Å². The fourth-order valence-electron chi connectivity index (χ4n) is 3.95. The average Bonchev–Trinajstić information content (AvgIpc) is 3.08. The van der Waals surface area contributed by atoms with Crippen molar-refractivity contribution in [2.24, 2.45) is 0 Å². The second kappa shape index (κ2) is 10.4. The number of nitrogens with one attached hydrogen (secondary N) is 1. The van der Waals surface area contributed by atoms with Crippen LogP contribution in [0.2, 0.25) is 0 Å². The van der Waals surface area contributed by atoms with Crippen LogP contribution in [0.1, 0.15) is 35.6 Å². The zero-order valence-electron chi connectivity index (χ0n) is 19.9. The minimum Gasteiger partial charge on any atom is -0.494 e. The monoisotopic (exact) mass is 454 g/mol. The summed E-state index contributed by atoms with van der Waals surface area (Å²) in [6.07, 6.45) is 1.52. The summed E-state index contributed by atoms with van der Waals surface area (Å²) in [5.41, 5.74) is 5.53. The van der Waals surface area contributed by atoms with Crippen LogP contribution < -0.4 is 10.1 Å². The Morgan fingerprint density at radius 1 is 0.853 bits per heavy atom. The summed E-state index contributed by atoms with van der Waals surface area (Å²) in [7, 11) is 0. The first-order valence-electron chi connectivity index (χ1n) is 11.7. The Labute approximate surface area is 201 Å². The minimum absolute atomic E-state index is 0.283. The van der Waals surface area contributed by atoms with Crippen LogP contribution in [0.25, 0.3) is 5.57 Å². The predicted molar refractivity (Wildman–Crippen MR) is 136 cm³/mol. The van der Waals surface area contributed by atoms with Crippen molar-refractivity contribution in [2.75, 3.05) is 18.5 Å². The highest BCUT2D eigenvalue weighted by molar-refractivity contribution is 6.36. The number of benzene rings is 3. The van der Waals surface area contributed by atoms with Crippen molar-refractivity contribution in [1.82, 2.24) is 4.90 Å². The third-order valence-electron chi connectivity index (χ3n) is 6.03. The van der Waals surface area contributed by atoms with E-state index in [4.69, 9.17) is 4.74 Å². The van der Waals surface area contributed by atoms with Gasteiger partial charge in [-0.05, 0) is 73.2 Å². The predicted octanol–water partition coefficient (Wildman–Crippen LogP) is 5.53. The molecular weight excluding hydrogens is 424 g/mol. The molecule has 0 saturated heterocycles. The maximum Gasteiger partial charge on any atom is 0.278 e. The number of anilines is 1. The highest BCUT2D eigenvalue weighted by atomic mass is 16.5. The van der Waals surface area contributed by atoms with Gasteiger partial charge in [-0.3, -0.25) is 14.5 Å². The Bertz CT molecular complexity index is 1210. The van der Waals surface area contributed by atoms with Crippen molar-refractivity contribution in [3.05, 3.63) is 101 Å². The van der Waals surface area contributed by atoms with Crippen LogP contribution in [-0.4, -0.2) is 29.9 Å². The van der Waals surface area contributed by atoms with Gasteiger partial charge in [0.1, 0.15) is 11.4 Å². The highest BCUT2D eigenvalue weighted by Crippen LogP contribution is 2.32. The van der Waals surface area contributed by atoms with Gasteiger partial charge in [0.2, 0.25) is 0 Å². The molecule has 0 aliphatic carbocycles. The summed E-state index contributed by atoms with van der Waals surface area (Å²) in [5.74, 6) is 0.155. The zero-order valence-corrected chi connectivity index (χ0v) is 19.9. The lowest BCUT2D eigenvalue weighted by atomic mass is 10.0. The SMILES string of the molecule is CCCOc1ccc(C2=C(Nc3ccc(C)c(C)c3)C(=O)N(CCc3ccccc3)C2=O)cc1. The fourth-order valence-corrected chi connectivity index (χ4v) is 3.95. The van der Waals surface area contributed by atoms with Gasteiger partial charge in [0.05, 0.1) is 12.2 Å². The Hall–Kier alpha value is -3.86. The minimum atomic E-state index is -0.305. The van der Waals surface area contributed by atoms with Crippen LogP contribution in [0, 0.1) is 13.8 Å². The standard InChI is InChI=1S/C29H30N2O3/c1-4-18-34-25-14-11-23(12-15-25)26-27(30-24-13-10-20(2)21(3)19-24)29(33)31(28(26)32)17-16-22-8-6-5-7-9-22/h5-15,19,30H,4,16-18H2,1-3H3. The van der Waals surface area contributed by atoms with E-state index >= 15 is 0 Å². The molecule has 174 valence electrons. The molecule has 0 aromatic heterocycles. The van der Waals surface area contributed by atoms with E-state index < -0.39 is 0 Å². The number of aryl methyl sites for hydroxylation is 2. The Kier molecular flexibility index (Phi) is 7.12. The van der Waals surface area contributed by atoms with Gasteiger partial charge in [-0.15, -0.1) is 0 Å². The number of nitrogens with zero attached hydrogens (tertiary/aromatic N) is 1. The fraction of sp³-hybridized carbons (Fsp3) is 0.241. The summed E-state index contributed by atoms with van der Waals surface area (Å²) < 4.78 is 5.68. The van der Waals surface area contributed by atoms with Crippen molar-refractivity contribution in [1.29, 1.82) is 0 Å². The molecule has 1 aliphatic rings. The van der Waals surface area contributed by atoms with Crippen LogP contribution in [0.5, 0.6) is 5.75 Å². The maximum atomic E-state index is 13.5. The smallest absolute Gasteiger partial charge is 0.278 e. The number of rotatable bonds is 9. The molecule has 34 heavy (non-hydrogen) atoms. The molecule has 3 aromatic rings. The molecule has 2 amide bonds. The van der Waals surface area contributed by atoms with Gasteiger partial charge in [-0.25, -0.2) is 0 Å². The van der Waals surface area contributed by atoms with Crippen molar-refractivity contribution >= 4 is 23.1 Å². The van der Waals surface area contributed by atoms with E-state index in [1.165, 1.54) is 10.5 Å². The summed E-state index contributed by atoms with van der Waals surface area (Å²) in [5, 5.41) is 3.25. The third-order valence-corrected chi connectivity index (χ3v) is 6.03. The first-order valence-corrected chi connectivity index (χ1v) is 11.7. The van der Waals surface area contributed by atoms with E-state index in [1.807, 2.05) is 86.6 Å². The van der Waals surface area contributed by atoms with E-state index in [0.29, 0.717) is 36.4 Å². The van der Waals surface area contributed by atoms with Crippen molar-refractivity contribution in [3.8, 4) is 5.75 Å². The molecule has 3 aromatic carbocycles. The molecule has 1 aliphatic heterocycles. The number of amides is 2. The molecule has 5 heteroatoms. The average molecular weight is 455 g/mol. The molecule has 0 saturated carbocycles. The van der Waals surface area contributed by atoms with Gasteiger partial charge < -0.3 is 10.1 Å². The second-order valence-electron chi connectivity index (χ2n) is 8.54. The number of hydrogen-bond donors (Lipinski definition) is 1. The molecule has 0 atom stereocenters. The Balaban J connectivity index is 1.65. The molecule has 1 heterocycles. The topological polar surface area (TPSA) is 58.6 Å².